The molecule has 0 fully saturated rings. The Morgan fingerprint density at radius 2 is 2.20 bits per heavy atom. The molecule has 20 heavy (non-hydrogen) atoms. The second-order valence-electron chi connectivity index (χ2n) is 4.76. The number of aromatic nitrogens is 2. The number of hydrogen-bond acceptors (Lipinski definition) is 2. The van der Waals surface area contributed by atoms with Crippen molar-refractivity contribution in [1.29, 1.82) is 0 Å². The van der Waals surface area contributed by atoms with Crippen molar-refractivity contribution in [3.05, 3.63) is 34.6 Å². The predicted octanol–water partition coefficient (Wildman–Crippen LogP) is 3.68. The maximum absolute atomic E-state index is 6.23. The lowest BCUT2D eigenvalue weighted by Gasteiger charge is -2.06. The molecule has 0 aliphatic heterocycles. The van der Waals surface area contributed by atoms with Gasteiger partial charge in [-0.3, -0.25) is 0 Å². The first kappa shape index (κ1) is 14.5. The van der Waals surface area contributed by atoms with Crippen LogP contribution in [-0.4, -0.2) is 9.55 Å². The zero-order chi connectivity index (χ0) is 14.7. The number of imidazole rings is 1. The number of nitrogens with zero attached hydrogens (tertiary/aromatic N) is 2. The monoisotopic (exact) mass is 287 g/mol. The number of anilines is 1. The quantitative estimate of drug-likeness (QED) is 0.872. The van der Waals surface area contributed by atoms with Crippen LogP contribution in [0.5, 0.6) is 0 Å². The minimum absolute atomic E-state index is 0.445. The van der Waals surface area contributed by atoms with Crippen molar-refractivity contribution in [3.8, 4) is 23.6 Å². The normalized spacial score (nSPS) is 10.5. The Morgan fingerprint density at radius 3 is 2.80 bits per heavy atom. The van der Waals surface area contributed by atoms with Crippen LogP contribution in [0.15, 0.2) is 18.2 Å². The minimum atomic E-state index is 0.445. The molecule has 1 heterocycles. The summed E-state index contributed by atoms with van der Waals surface area (Å²) >= 11 is 6.00. The van der Waals surface area contributed by atoms with Gasteiger partial charge in [-0.25, -0.2) is 4.98 Å². The van der Waals surface area contributed by atoms with Crippen molar-refractivity contribution in [2.24, 2.45) is 0 Å². The summed E-state index contributed by atoms with van der Waals surface area (Å²) in [6.45, 7) is 4.56. The van der Waals surface area contributed by atoms with Crippen LogP contribution in [0.3, 0.4) is 0 Å². The van der Waals surface area contributed by atoms with E-state index in [0.29, 0.717) is 17.4 Å². The summed E-state index contributed by atoms with van der Waals surface area (Å²) in [6, 6.07) is 5.71. The van der Waals surface area contributed by atoms with Crippen molar-refractivity contribution in [2.45, 2.75) is 33.2 Å². The Balaban J connectivity index is 2.57. The fraction of sp³-hybridized carbons (Fsp3) is 0.312. The van der Waals surface area contributed by atoms with Gasteiger partial charge < -0.3 is 10.3 Å². The maximum atomic E-state index is 6.23. The zero-order valence-corrected chi connectivity index (χ0v) is 12.5. The average Bonchev–Trinajstić information content (AvgIpc) is 2.69. The topological polar surface area (TPSA) is 43.8 Å². The Kier molecular flexibility index (Phi) is 4.36. The Bertz CT molecular complexity index is 665. The third-order valence-corrected chi connectivity index (χ3v) is 3.49. The summed E-state index contributed by atoms with van der Waals surface area (Å²) in [5, 5.41) is 0.710. The number of rotatable bonds is 4. The van der Waals surface area contributed by atoms with Crippen LogP contribution >= 0.6 is 11.6 Å². The predicted molar refractivity (Wildman–Crippen MR) is 84.7 cm³/mol. The number of halogens is 1. The van der Waals surface area contributed by atoms with E-state index in [1.807, 2.05) is 29.7 Å². The number of hydrogen-bond donors (Lipinski definition) is 1. The number of aryl methyl sites for hydroxylation is 2. The van der Waals surface area contributed by atoms with Crippen LogP contribution in [0.2, 0.25) is 5.02 Å². The van der Waals surface area contributed by atoms with Gasteiger partial charge in [-0.2, -0.15) is 0 Å². The van der Waals surface area contributed by atoms with Crippen molar-refractivity contribution in [1.82, 2.24) is 9.55 Å². The first-order chi connectivity index (χ1) is 9.58. The molecule has 0 spiro atoms. The number of nitrogens with two attached hydrogens (primary N) is 1. The molecule has 2 aromatic rings. The molecule has 104 valence electrons. The summed E-state index contributed by atoms with van der Waals surface area (Å²) in [4.78, 5) is 4.68. The Hall–Kier alpha value is -1.92. The van der Waals surface area contributed by atoms with Crippen LogP contribution in [-0.2, 0) is 13.0 Å². The summed E-state index contributed by atoms with van der Waals surface area (Å²) < 4.78 is 1.91. The molecule has 0 amide bonds. The van der Waals surface area contributed by atoms with Gasteiger partial charge in [0.05, 0.1) is 6.54 Å². The molecule has 0 aliphatic carbocycles. The van der Waals surface area contributed by atoms with Crippen molar-refractivity contribution >= 4 is 17.4 Å². The lowest BCUT2D eigenvalue weighted by molar-refractivity contribution is 0.733. The van der Waals surface area contributed by atoms with E-state index in [-0.39, 0.29) is 0 Å². The molecular formula is C16H18ClN3. The Labute approximate surface area is 124 Å². The molecule has 1 aromatic carbocycles. The van der Waals surface area contributed by atoms with E-state index in [0.717, 1.165) is 35.5 Å². The summed E-state index contributed by atoms with van der Waals surface area (Å²) in [5.41, 5.74) is 9.07. The Morgan fingerprint density at radius 1 is 1.45 bits per heavy atom. The third-order valence-electron chi connectivity index (χ3n) is 3.25. The first-order valence-corrected chi connectivity index (χ1v) is 7.01. The lowest BCUT2D eigenvalue weighted by atomic mass is 10.1. The standard InChI is InChI=1S/C16H18ClN3/c1-4-6-14-19-15(16(18)20(14)9-5-2)13-8-7-12(17)10-11(13)3/h2,7-8,10H,4,6,9,18H2,1,3H3. The van der Waals surface area contributed by atoms with Crippen molar-refractivity contribution < 1.29 is 0 Å². The van der Waals surface area contributed by atoms with E-state index < -0.39 is 0 Å². The van der Waals surface area contributed by atoms with Crippen LogP contribution in [0.4, 0.5) is 5.82 Å². The smallest absolute Gasteiger partial charge is 0.132 e. The highest BCUT2D eigenvalue weighted by Gasteiger charge is 2.16. The highest BCUT2D eigenvalue weighted by atomic mass is 35.5. The van der Waals surface area contributed by atoms with Crippen molar-refractivity contribution in [3.63, 3.8) is 0 Å². The summed E-state index contributed by atoms with van der Waals surface area (Å²) in [7, 11) is 0. The van der Waals surface area contributed by atoms with E-state index in [4.69, 9.17) is 23.8 Å². The molecule has 0 aliphatic rings. The number of nitrogen functional groups attached to an aromatic ring is 1. The van der Waals surface area contributed by atoms with Crippen LogP contribution in [0, 0.1) is 19.3 Å². The highest BCUT2D eigenvalue weighted by molar-refractivity contribution is 6.30. The van der Waals surface area contributed by atoms with Gasteiger partial charge in [-0.05, 0) is 31.0 Å². The average molecular weight is 288 g/mol. The van der Waals surface area contributed by atoms with Crippen LogP contribution < -0.4 is 5.73 Å². The van der Waals surface area contributed by atoms with Gasteiger partial charge in [0.1, 0.15) is 17.3 Å². The van der Waals surface area contributed by atoms with Gasteiger partial charge in [0.2, 0.25) is 0 Å². The summed E-state index contributed by atoms with van der Waals surface area (Å²) in [5.74, 6) is 4.19. The van der Waals surface area contributed by atoms with E-state index in [1.165, 1.54) is 0 Å². The third kappa shape index (κ3) is 2.66. The second-order valence-corrected chi connectivity index (χ2v) is 5.20. The number of benzene rings is 1. The first-order valence-electron chi connectivity index (χ1n) is 6.63. The minimum Gasteiger partial charge on any atom is -0.383 e. The van der Waals surface area contributed by atoms with E-state index in [2.05, 4.69) is 17.8 Å². The van der Waals surface area contributed by atoms with E-state index in [9.17, 15) is 0 Å². The largest absolute Gasteiger partial charge is 0.383 e. The van der Waals surface area contributed by atoms with Crippen LogP contribution in [0.25, 0.3) is 11.3 Å². The molecule has 2 N–H and O–H groups in total. The molecule has 0 radical (unpaired) electrons. The lowest BCUT2D eigenvalue weighted by Crippen LogP contribution is -2.06. The number of terminal acetylenes is 1. The zero-order valence-electron chi connectivity index (χ0n) is 11.8. The fourth-order valence-corrected chi connectivity index (χ4v) is 2.51. The molecular weight excluding hydrogens is 270 g/mol. The highest BCUT2D eigenvalue weighted by Crippen LogP contribution is 2.30. The van der Waals surface area contributed by atoms with Crippen molar-refractivity contribution in [2.75, 3.05) is 5.73 Å². The summed E-state index contributed by atoms with van der Waals surface area (Å²) in [6.07, 6.45) is 7.28. The van der Waals surface area contributed by atoms with Gasteiger partial charge in [-0.1, -0.05) is 30.5 Å². The molecule has 0 atom stereocenters. The molecule has 1 aromatic heterocycles. The molecule has 0 bridgehead atoms. The molecule has 2 rings (SSSR count). The second kappa shape index (κ2) is 6.02. The fourth-order valence-electron chi connectivity index (χ4n) is 2.29. The molecule has 4 heteroatoms. The maximum Gasteiger partial charge on any atom is 0.132 e. The van der Waals surface area contributed by atoms with E-state index in [1.54, 1.807) is 0 Å². The molecule has 0 saturated heterocycles. The van der Waals surface area contributed by atoms with Gasteiger partial charge in [0.15, 0.2) is 0 Å². The van der Waals surface area contributed by atoms with E-state index >= 15 is 0 Å². The molecule has 0 unspecified atom stereocenters. The van der Waals surface area contributed by atoms with Gasteiger partial charge in [0.25, 0.3) is 0 Å². The van der Waals surface area contributed by atoms with Crippen LogP contribution in [0.1, 0.15) is 24.7 Å². The van der Waals surface area contributed by atoms with Gasteiger partial charge in [0, 0.05) is 17.0 Å². The van der Waals surface area contributed by atoms with Gasteiger partial charge in [-0.15, -0.1) is 6.42 Å². The SMILES string of the molecule is C#CCn1c(CCC)nc(-c2ccc(Cl)cc2C)c1N. The molecule has 3 nitrogen and oxygen atoms in total. The molecule has 0 saturated carbocycles. The van der Waals surface area contributed by atoms with Gasteiger partial charge >= 0.3 is 0 Å².